The van der Waals surface area contributed by atoms with Gasteiger partial charge >= 0.3 is 5.97 Å². The third kappa shape index (κ3) is 2.54. The van der Waals surface area contributed by atoms with Gasteiger partial charge in [0.05, 0.1) is 12.7 Å². The molecule has 0 aromatic heterocycles. The molecule has 0 heterocycles. The number of methoxy groups -OCH3 is 1. The third-order valence-electron chi connectivity index (χ3n) is 2.75. The first-order chi connectivity index (χ1) is 8.61. The predicted octanol–water partition coefficient (Wildman–Crippen LogP) is 4.10. The molecule has 0 radical (unpaired) electrons. The van der Waals surface area contributed by atoms with Gasteiger partial charge in [-0.05, 0) is 36.2 Å². The van der Waals surface area contributed by atoms with E-state index in [-0.39, 0.29) is 5.97 Å². The smallest absolute Gasteiger partial charge is 0.338 e. The van der Waals surface area contributed by atoms with E-state index in [1.807, 2.05) is 31.2 Å². The van der Waals surface area contributed by atoms with E-state index < -0.39 is 0 Å². The summed E-state index contributed by atoms with van der Waals surface area (Å²) in [6.45, 7) is 2.02. The Bertz CT molecular complexity index is 574. The van der Waals surface area contributed by atoms with Crippen LogP contribution in [-0.2, 0) is 4.74 Å². The Balaban J connectivity index is 2.57. The summed E-state index contributed by atoms with van der Waals surface area (Å²) in [7, 11) is 1.37. The van der Waals surface area contributed by atoms with Crippen LogP contribution in [0.15, 0.2) is 42.5 Å². The topological polar surface area (TPSA) is 26.3 Å². The minimum absolute atomic E-state index is 0.359. The molecule has 0 spiro atoms. The molecule has 3 heteroatoms. The summed E-state index contributed by atoms with van der Waals surface area (Å²) in [5.74, 6) is -0.359. The zero-order chi connectivity index (χ0) is 13.1. The van der Waals surface area contributed by atoms with Gasteiger partial charge in [0.25, 0.3) is 0 Å². The molecule has 0 aliphatic carbocycles. The van der Waals surface area contributed by atoms with E-state index in [9.17, 15) is 4.79 Å². The summed E-state index contributed by atoms with van der Waals surface area (Å²) >= 11 is 5.99. The molecule has 0 atom stereocenters. The molecule has 18 heavy (non-hydrogen) atoms. The molecule has 0 amide bonds. The van der Waals surface area contributed by atoms with Gasteiger partial charge in [-0.2, -0.15) is 0 Å². The molecule has 2 aromatic carbocycles. The first kappa shape index (κ1) is 12.7. The summed E-state index contributed by atoms with van der Waals surface area (Å²) in [6, 6.07) is 13.1. The molecule has 0 bridgehead atoms. The van der Waals surface area contributed by atoms with Gasteiger partial charge in [0, 0.05) is 5.02 Å². The van der Waals surface area contributed by atoms with Crippen LogP contribution >= 0.6 is 11.6 Å². The second-order valence-electron chi connectivity index (χ2n) is 4.05. The predicted molar refractivity (Wildman–Crippen MR) is 73.0 cm³/mol. The van der Waals surface area contributed by atoms with Crippen LogP contribution < -0.4 is 0 Å². The van der Waals surface area contributed by atoms with Gasteiger partial charge in [0.1, 0.15) is 0 Å². The SMILES string of the molecule is COC(=O)c1ccc(Cl)cc1-c1ccc(C)cc1. The normalized spacial score (nSPS) is 10.2. The van der Waals surface area contributed by atoms with Crippen molar-refractivity contribution in [1.29, 1.82) is 0 Å². The van der Waals surface area contributed by atoms with Crippen molar-refractivity contribution >= 4 is 17.6 Å². The second-order valence-corrected chi connectivity index (χ2v) is 4.48. The lowest BCUT2D eigenvalue weighted by atomic mass is 9.99. The van der Waals surface area contributed by atoms with Crippen LogP contribution in [0.5, 0.6) is 0 Å². The number of benzene rings is 2. The summed E-state index contributed by atoms with van der Waals surface area (Å²) < 4.78 is 4.78. The van der Waals surface area contributed by atoms with Crippen molar-refractivity contribution in [2.75, 3.05) is 7.11 Å². The van der Waals surface area contributed by atoms with E-state index in [1.165, 1.54) is 12.7 Å². The van der Waals surface area contributed by atoms with Gasteiger partial charge in [-0.15, -0.1) is 0 Å². The van der Waals surface area contributed by atoms with E-state index in [4.69, 9.17) is 16.3 Å². The lowest BCUT2D eigenvalue weighted by Crippen LogP contribution is -2.03. The number of ether oxygens (including phenoxy) is 1. The lowest BCUT2D eigenvalue weighted by molar-refractivity contribution is 0.0601. The number of carbonyl (C=O) groups excluding carboxylic acids is 1. The molecule has 92 valence electrons. The van der Waals surface area contributed by atoms with Crippen LogP contribution in [0.2, 0.25) is 5.02 Å². The molecule has 0 N–H and O–H groups in total. The molecule has 2 aromatic rings. The fourth-order valence-corrected chi connectivity index (χ4v) is 1.95. The number of rotatable bonds is 2. The first-order valence-electron chi connectivity index (χ1n) is 5.56. The molecule has 0 aliphatic heterocycles. The van der Waals surface area contributed by atoms with Gasteiger partial charge in [0.15, 0.2) is 0 Å². The number of esters is 1. The van der Waals surface area contributed by atoms with Gasteiger partial charge in [-0.1, -0.05) is 41.4 Å². The highest BCUT2D eigenvalue weighted by atomic mass is 35.5. The molecule has 0 unspecified atom stereocenters. The number of carbonyl (C=O) groups is 1. The Morgan fingerprint density at radius 1 is 1.11 bits per heavy atom. The lowest BCUT2D eigenvalue weighted by Gasteiger charge is -2.09. The Hall–Kier alpha value is -1.80. The zero-order valence-electron chi connectivity index (χ0n) is 10.2. The minimum atomic E-state index is -0.359. The Morgan fingerprint density at radius 2 is 1.78 bits per heavy atom. The van der Waals surface area contributed by atoms with Gasteiger partial charge < -0.3 is 4.74 Å². The van der Waals surface area contributed by atoms with Crippen molar-refractivity contribution in [1.82, 2.24) is 0 Å². The molecule has 0 fully saturated rings. The van der Waals surface area contributed by atoms with Crippen LogP contribution in [0.3, 0.4) is 0 Å². The number of aryl methyl sites for hydroxylation is 1. The quantitative estimate of drug-likeness (QED) is 0.760. The highest BCUT2D eigenvalue weighted by Crippen LogP contribution is 2.27. The average molecular weight is 261 g/mol. The third-order valence-corrected chi connectivity index (χ3v) is 2.98. The molecular weight excluding hydrogens is 248 g/mol. The number of halogens is 1. The maximum absolute atomic E-state index is 11.7. The fraction of sp³-hybridized carbons (Fsp3) is 0.133. The largest absolute Gasteiger partial charge is 0.465 e. The monoisotopic (exact) mass is 260 g/mol. The Kier molecular flexibility index (Phi) is 3.68. The Labute approximate surface area is 111 Å². The van der Waals surface area contributed by atoms with E-state index >= 15 is 0 Å². The Morgan fingerprint density at radius 3 is 2.39 bits per heavy atom. The molecular formula is C15H13ClO2. The highest BCUT2D eigenvalue weighted by Gasteiger charge is 2.13. The summed E-state index contributed by atoms with van der Waals surface area (Å²) in [6.07, 6.45) is 0. The summed E-state index contributed by atoms with van der Waals surface area (Å²) in [5.41, 5.74) is 3.42. The molecule has 0 aliphatic rings. The number of hydrogen-bond acceptors (Lipinski definition) is 2. The molecule has 0 saturated heterocycles. The minimum Gasteiger partial charge on any atom is -0.465 e. The van der Waals surface area contributed by atoms with Crippen LogP contribution in [0.4, 0.5) is 0 Å². The van der Waals surface area contributed by atoms with Crippen molar-refractivity contribution in [3.05, 3.63) is 58.6 Å². The van der Waals surface area contributed by atoms with Crippen molar-refractivity contribution in [2.45, 2.75) is 6.92 Å². The molecule has 2 nitrogen and oxygen atoms in total. The maximum atomic E-state index is 11.7. The summed E-state index contributed by atoms with van der Waals surface area (Å²) in [4.78, 5) is 11.7. The van der Waals surface area contributed by atoms with Gasteiger partial charge in [-0.25, -0.2) is 4.79 Å². The van der Waals surface area contributed by atoms with E-state index in [1.54, 1.807) is 18.2 Å². The van der Waals surface area contributed by atoms with Crippen LogP contribution in [0.1, 0.15) is 15.9 Å². The van der Waals surface area contributed by atoms with E-state index in [0.29, 0.717) is 10.6 Å². The van der Waals surface area contributed by atoms with Crippen LogP contribution in [0.25, 0.3) is 11.1 Å². The van der Waals surface area contributed by atoms with E-state index in [2.05, 4.69) is 0 Å². The van der Waals surface area contributed by atoms with Crippen LogP contribution in [0, 0.1) is 6.92 Å². The fourth-order valence-electron chi connectivity index (χ4n) is 1.78. The maximum Gasteiger partial charge on any atom is 0.338 e. The van der Waals surface area contributed by atoms with Crippen molar-refractivity contribution in [3.63, 3.8) is 0 Å². The highest BCUT2D eigenvalue weighted by molar-refractivity contribution is 6.31. The van der Waals surface area contributed by atoms with E-state index in [0.717, 1.165) is 11.1 Å². The van der Waals surface area contributed by atoms with Crippen LogP contribution in [-0.4, -0.2) is 13.1 Å². The molecule has 2 rings (SSSR count). The van der Waals surface area contributed by atoms with Gasteiger partial charge in [-0.3, -0.25) is 0 Å². The zero-order valence-corrected chi connectivity index (χ0v) is 11.0. The summed E-state index contributed by atoms with van der Waals surface area (Å²) in [5, 5.41) is 0.596. The van der Waals surface area contributed by atoms with Crippen molar-refractivity contribution in [2.24, 2.45) is 0 Å². The standard InChI is InChI=1S/C15H13ClO2/c1-10-3-5-11(6-4-10)14-9-12(16)7-8-13(14)15(17)18-2/h3-9H,1-2H3. The molecule has 0 saturated carbocycles. The average Bonchev–Trinajstić information content (AvgIpc) is 2.38. The van der Waals surface area contributed by atoms with Crippen molar-refractivity contribution in [3.8, 4) is 11.1 Å². The van der Waals surface area contributed by atoms with Crippen molar-refractivity contribution < 1.29 is 9.53 Å². The second kappa shape index (κ2) is 5.23. The van der Waals surface area contributed by atoms with Gasteiger partial charge in [0.2, 0.25) is 0 Å². The number of hydrogen-bond donors (Lipinski definition) is 0. The first-order valence-corrected chi connectivity index (χ1v) is 5.94.